The predicted molar refractivity (Wildman–Crippen MR) is 260 cm³/mol. The van der Waals surface area contributed by atoms with Crippen molar-refractivity contribution >= 4 is 96.2 Å². The maximum atomic E-state index is 6.49. The molecule has 0 saturated heterocycles. The summed E-state index contributed by atoms with van der Waals surface area (Å²) in [4.78, 5) is 7.36. The number of anilines is 9. The molecule has 0 unspecified atom stereocenters. The molecule has 4 nitrogen and oxygen atoms in total. The van der Waals surface area contributed by atoms with E-state index in [0.29, 0.717) is 0 Å². The van der Waals surface area contributed by atoms with Crippen molar-refractivity contribution in [3.05, 3.63) is 217 Å². The van der Waals surface area contributed by atoms with Gasteiger partial charge in [0.15, 0.2) is 0 Å². The summed E-state index contributed by atoms with van der Waals surface area (Å²) in [5.41, 5.74) is 21.1. The van der Waals surface area contributed by atoms with Crippen LogP contribution in [0.25, 0.3) is 33.1 Å². The Hall–Kier alpha value is -7.76. The van der Waals surface area contributed by atoms with Crippen LogP contribution in [0.1, 0.15) is 25.0 Å². The Morgan fingerprint density at radius 3 is 1.82 bits per heavy atom. The largest absolute Gasteiger partial charge is 0.456 e. The van der Waals surface area contributed by atoms with Crippen LogP contribution in [-0.2, 0) is 5.41 Å². The van der Waals surface area contributed by atoms with Crippen molar-refractivity contribution in [3.63, 3.8) is 0 Å². The second-order valence-corrected chi connectivity index (χ2v) is 17.3. The summed E-state index contributed by atoms with van der Waals surface area (Å²) in [5, 5.41) is 2.26. The van der Waals surface area contributed by atoms with E-state index >= 15 is 0 Å². The molecule has 0 N–H and O–H groups in total. The van der Waals surface area contributed by atoms with Crippen molar-refractivity contribution in [2.45, 2.75) is 19.3 Å². The van der Waals surface area contributed by atoms with Crippen LogP contribution in [0.5, 0.6) is 0 Å². The molecule has 13 rings (SSSR count). The van der Waals surface area contributed by atoms with E-state index in [4.69, 9.17) is 4.42 Å². The molecule has 3 heterocycles. The lowest BCUT2D eigenvalue weighted by atomic mass is 9.33. The fourth-order valence-corrected chi connectivity index (χ4v) is 10.9. The standard InChI is InChI=1S/C57H40BN3O/c1-57(2)46-22-11-9-20-42(46)43-31-28-39(34-47(43)57)61-52-26-15-25-51-56(52)58(49-33-30-40(35-53(49)61)59(37-16-5-3-6-17-37)38-18-7-4-8-19-38)48-23-12-13-24-50(48)60(51)41-29-32-45-44-21-10-14-27-54(44)62-55(45)36-41/h3-36H,1-2H3. The molecular weight excluding hydrogens is 753 g/mol. The number of furan rings is 1. The van der Waals surface area contributed by atoms with E-state index in [2.05, 4.69) is 229 Å². The highest BCUT2D eigenvalue weighted by molar-refractivity contribution is 7.00. The number of hydrogen-bond donors (Lipinski definition) is 0. The topological polar surface area (TPSA) is 22.9 Å². The van der Waals surface area contributed by atoms with Gasteiger partial charge in [-0.15, -0.1) is 0 Å². The molecular formula is C57H40BN3O. The Labute approximate surface area is 361 Å². The van der Waals surface area contributed by atoms with Gasteiger partial charge in [-0.05, 0) is 124 Å². The van der Waals surface area contributed by atoms with E-state index in [1.165, 1.54) is 61.4 Å². The summed E-state index contributed by atoms with van der Waals surface area (Å²) in [7, 11) is 0. The second-order valence-electron chi connectivity index (χ2n) is 17.3. The maximum Gasteiger partial charge on any atom is 0.252 e. The van der Waals surface area contributed by atoms with Gasteiger partial charge in [-0.3, -0.25) is 0 Å². The van der Waals surface area contributed by atoms with E-state index in [0.717, 1.165) is 50.4 Å². The van der Waals surface area contributed by atoms with Gasteiger partial charge in [-0.1, -0.05) is 129 Å². The number of rotatable bonds is 5. The number of para-hydroxylation sites is 4. The smallest absolute Gasteiger partial charge is 0.252 e. The quantitative estimate of drug-likeness (QED) is 0.162. The van der Waals surface area contributed by atoms with Crippen molar-refractivity contribution in [1.29, 1.82) is 0 Å². The van der Waals surface area contributed by atoms with Crippen molar-refractivity contribution in [2.24, 2.45) is 0 Å². The van der Waals surface area contributed by atoms with E-state index in [1.807, 2.05) is 6.07 Å². The lowest BCUT2D eigenvalue weighted by molar-refractivity contribution is 0.660. The first-order chi connectivity index (χ1) is 30.5. The van der Waals surface area contributed by atoms with Crippen molar-refractivity contribution in [2.75, 3.05) is 14.7 Å². The summed E-state index contributed by atoms with van der Waals surface area (Å²) >= 11 is 0. The Balaban J connectivity index is 1.06. The average molecular weight is 794 g/mol. The molecule has 10 aromatic rings. The molecule has 0 saturated carbocycles. The number of fused-ring (bicyclic) bond motifs is 10. The molecule has 0 atom stereocenters. The fraction of sp³-hybridized carbons (Fsp3) is 0.0526. The van der Waals surface area contributed by atoms with Gasteiger partial charge in [0.05, 0.1) is 0 Å². The zero-order chi connectivity index (χ0) is 41.1. The van der Waals surface area contributed by atoms with Gasteiger partial charge in [-0.25, -0.2) is 0 Å². The minimum atomic E-state index is -0.149. The highest BCUT2D eigenvalue weighted by Crippen LogP contribution is 2.52. The summed E-state index contributed by atoms with van der Waals surface area (Å²) in [5.74, 6) is 0. The van der Waals surface area contributed by atoms with E-state index in [-0.39, 0.29) is 12.1 Å². The van der Waals surface area contributed by atoms with Gasteiger partial charge in [0.1, 0.15) is 11.2 Å². The Morgan fingerprint density at radius 1 is 0.419 bits per heavy atom. The first-order valence-electron chi connectivity index (χ1n) is 21.5. The highest BCUT2D eigenvalue weighted by Gasteiger charge is 2.44. The molecule has 0 fully saturated rings. The molecule has 0 radical (unpaired) electrons. The molecule has 2 aliphatic heterocycles. The third-order valence-corrected chi connectivity index (χ3v) is 13.6. The van der Waals surface area contributed by atoms with Crippen LogP contribution >= 0.6 is 0 Å². The van der Waals surface area contributed by atoms with Gasteiger partial charge in [0.2, 0.25) is 0 Å². The summed E-state index contributed by atoms with van der Waals surface area (Å²) < 4.78 is 6.49. The first-order valence-corrected chi connectivity index (χ1v) is 21.5. The van der Waals surface area contributed by atoms with Gasteiger partial charge in [-0.2, -0.15) is 0 Å². The summed E-state index contributed by atoms with van der Waals surface area (Å²) in [6.07, 6.45) is 0. The molecule has 62 heavy (non-hydrogen) atoms. The lowest BCUT2D eigenvalue weighted by Gasteiger charge is -2.44. The minimum Gasteiger partial charge on any atom is -0.456 e. The summed E-state index contributed by atoms with van der Waals surface area (Å²) in [6.45, 7) is 4.74. The van der Waals surface area contributed by atoms with Crippen LogP contribution in [-0.4, -0.2) is 6.71 Å². The number of nitrogens with zero attached hydrogens (tertiary/aromatic N) is 3. The van der Waals surface area contributed by atoms with Crippen molar-refractivity contribution in [1.82, 2.24) is 0 Å². The second kappa shape index (κ2) is 13.1. The van der Waals surface area contributed by atoms with Crippen molar-refractivity contribution in [3.8, 4) is 11.1 Å². The van der Waals surface area contributed by atoms with Crippen LogP contribution < -0.4 is 31.1 Å². The third-order valence-electron chi connectivity index (χ3n) is 13.6. The number of benzene rings is 9. The predicted octanol–water partition coefficient (Wildman–Crippen LogP) is 13.4. The van der Waals surface area contributed by atoms with Crippen molar-refractivity contribution < 1.29 is 4.42 Å². The van der Waals surface area contributed by atoms with E-state index in [1.54, 1.807) is 0 Å². The third kappa shape index (κ3) is 4.96. The van der Waals surface area contributed by atoms with Crippen LogP contribution in [0.15, 0.2) is 211 Å². The Morgan fingerprint density at radius 2 is 1.02 bits per heavy atom. The molecule has 3 aliphatic rings. The Kier molecular flexibility index (Phi) is 7.42. The average Bonchev–Trinajstić information content (AvgIpc) is 3.80. The molecule has 0 amide bonds. The maximum absolute atomic E-state index is 6.49. The molecule has 1 aliphatic carbocycles. The van der Waals surface area contributed by atoms with Gasteiger partial charge >= 0.3 is 0 Å². The highest BCUT2D eigenvalue weighted by atomic mass is 16.3. The van der Waals surface area contributed by atoms with Crippen LogP contribution in [0, 0.1) is 0 Å². The van der Waals surface area contributed by atoms with Crippen LogP contribution in [0.4, 0.5) is 51.2 Å². The monoisotopic (exact) mass is 793 g/mol. The van der Waals surface area contributed by atoms with Gasteiger partial charge < -0.3 is 19.1 Å². The summed E-state index contributed by atoms with van der Waals surface area (Å²) in [6, 6.07) is 75.5. The zero-order valence-corrected chi connectivity index (χ0v) is 34.5. The van der Waals surface area contributed by atoms with Crippen LogP contribution in [0.2, 0.25) is 0 Å². The fourth-order valence-electron chi connectivity index (χ4n) is 10.9. The molecule has 5 heteroatoms. The van der Waals surface area contributed by atoms with Gasteiger partial charge in [0, 0.05) is 73.4 Å². The molecule has 1 aromatic heterocycles. The molecule has 9 aromatic carbocycles. The number of hydrogen-bond acceptors (Lipinski definition) is 4. The minimum absolute atomic E-state index is 0.000838. The zero-order valence-electron chi connectivity index (χ0n) is 34.5. The molecule has 0 bridgehead atoms. The van der Waals surface area contributed by atoms with Crippen LogP contribution in [0.3, 0.4) is 0 Å². The normalized spacial score (nSPS) is 14.0. The van der Waals surface area contributed by atoms with E-state index in [9.17, 15) is 0 Å². The Bertz CT molecular complexity index is 3390. The van der Waals surface area contributed by atoms with E-state index < -0.39 is 0 Å². The first kappa shape index (κ1) is 35.0. The molecule has 292 valence electrons. The SMILES string of the molecule is CC1(C)c2ccccc2-c2ccc(N3c4cc(N(c5ccccc5)c5ccccc5)ccc4B4c5ccccc5N(c5ccc6c(c5)oc5ccccc56)c5cccc3c54)cc21. The lowest BCUT2D eigenvalue weighted by Crippen LogP contribution is -2.61. The molecule has 0 spiro atoms. The van der Waals surface area contributed by atoms with Gasteiger partial charge in [0.25, 0.3) is 6.71 Å².